The van der Waals surface area contributed by atoms with Gasteiger partial charge >= 0.3 is 0 Å². The zero-order valence-electron chi connectivity index (χ0n) is 11.2. The summed E-state index contributed by atoms with van der Waals surface area (Å²) in [6, 6.07) is 11.2. The van der Waals surface area contributed by atoms with Crippen LogP contribution in [0.25, 0.3) is 0 Å². The highest BCUT2D eigenvalue weighted by molar-refractivity contribution is 6.30. The second-order valence-corrected chi connectivity index (χ2v) is 5.29. The smallest absolute Gasteiger partial charge is 0.127 e. The number of hydrogen-bond donors (Lipinski definition) is 1. The molecule has 0 heterocycles. The van der Waals surface area contributed by atoms with Gasteiger partial charge in [0.2, 0.25) is 0 Å². The van der Waals surface area contributed by atoms with E-state index in [-0.39, 0.29) is 6.04 Å². The summed E-state index contributed by atoms with van der Waals surface area (Å²) in [6.07, 6.45) is 0.775. The predicted molar refractivity (Wildman–Crippen MR) is 77.8 cm³/mol. The van der Waals surface area contributed by atoms with Gasteiger partial charge in [0.25, 0.3) is 0 Å². The molecule has 1 atom stereocenters. The second-order valence-electron chi connectivity index (χ2n) is 4.85. The van der Waals surface area contributed by atoms with Gasteiger partial charge in [0.15, 0.2) is 0 Å². The highest BCUT2D eigenvalue weighted by Gasteiger charge is 2.07. The van der Waals surface area contributed by atoms with E-state index in [0.717, 1.165) is 24.1 Å². The molecule has 2 rings (SSSR count). The minimum absolute atomic E-state index is 0.135. The van der Waals surface area contributed by atoms with Crippen molar-refractivity contribution in [1.29, 1.82) is 0 Å². The number of hydrogen-bond acceptors (Lipinski definition) is 1. The first-order chi connectivity index (χ1) is 9.54. The van der Waals surface area contributed by atoms with E-state index in [2.05, 4.69) is 5.32 Å². The maximum Gasteiger partial charge on any atom is 0.127 e. The second kappa shape index (κ2) is 6.82. The molecule has 0 aliphatic carbocycles. The van der Waals surface area contributed by atoms with Gasteiger partial charge in [-0.2, -0.15) is 0 Å². The Balaban J connectivity index is 1.92. The van der Waals surface area contributed by atoms with Crippen LogP contribution < -0.4 is 5.32 Å². The molecule has 0 aromatic heterocycles. The molecule has 0 saturated carbocycles. The lowest BCUT2D eigenvalue weighted by molar-refractivity contribution is 0.519. The van der Waals surface area contributed by atoms with Gasteiger partial charge in [-0.3, -0.25) is 0 Å². The molecule has 2 aromatic rings. The van der Waals surface area contributed by atoms with Crippen LogP contribution in [0.1, 0.15) is 18.1 Å². The summed E-state index contributed by atoms with van der Waals surface area (Å²) >= 11 is 5.93. The lowest BCUT2D eigenvalue weighted by Gasteiger charge is -2.14. The number of halogens is 3. The molecule has 0 fully saturated rings. The highest BCUT2D eigenvalue weighted by atomic mass is 35.5. The molecule has 0 bridgehead atoms. The number of rotatable bonds is 5. The first-order valence-electron chi connectivity index (χ1n) is 6.46. The van der Waals surface area contributed by atoms with Crippen molar-refractivity contribution in [2.75, 3.05) is 0 Å². The molecule has 1 N–H and O–H groups in total. The summed E-state index contributed by atoms with van der Waals surface area (Å²) in [5, 5.41) is 3.89. The lowest BCUT2D eigenvalue weighted by atomic mass is 10.1. The topological polar surface area (TPSA) is 12.0 Å². The van der Waals surface area contributed by atoms with Crippen LogP contribution in [0.2, 0.25) is 5.02 Å². The van der Waals surface area contributed by atoms with E-state index < -0.39 is 11.6 Å². The SMILES string of the molecule is CC(Cc1cccc(Cl)c1)NCc1cc(F)ccc1F. The molecule has 2 aromatic carbocycles. The fourth-order valence-corrected chi connectivity index (χ4v) is 2.27. The largest absolute Gasteiger partial charge is 0.310 e. The van der Waals surface area contributed by atoms with Crippen molar-refractivity contribution >= 4 is 11.6 Å². The first kappa shape index (κ1) is 14.9. The average molecular weight is 296 g/mol. The Morgan fingerprint density at radius 2 is 1.95 bits per heavy atom. The van der Waals surface area contributed by atoms with Gasteiger partial charge in [-0.05, 0) is 49.2 Å². The lowest BCUT2D eigenvalue weighted by Crippen LogP contribution is -2.28. The van der Waals surface area contributed by atoms with Gasteiger partial charge in [0.1, 0.15) is 11.6 Å². The van der Waals surface area contributed by atoms with Crippen molar-refractivity contribution in [3.05, 3.63) is 70.2 Å². The Labute approximate surface area is 122 Å². The summed E-state index contributed by atoms with van der Waals surface area (Å²) in [7, 11) is 0. The van der Waals surface area contributed by atoms with Gasteiger partial charge in [0, 0.05) is 23.2 Å². The molecule has 0 spiro atoms. The van der Waals surface area contributed by atoms with Crippen molar-refractivity contribution in [3.63, 3.8) is 0 Å². The van der Waals surface area contributed by atoms with Crippen LogP contribution in [-0.2, 0) is 13.0 Å². The van der Waals surface area contributed by atoms with Crippen molar-refractivity contribution in [2.24, 2.45) is 0 Å². The van der Waals surface area contributed by atoms with E-state index in [0.29, 0.717) is 17.1 Å². The molecule has 20 heavy (non-hydrogen) atoms. The molecular weight excluding hydrogens is 280 g/mol. The van der Waals surface area contributed by atoms with Crippen LogP contribution in [-0.4, -0.2) is 6.04 Å². The van der Waals surface area contributed by atoms with E-state index in [1.54, 1.807) is 0 Å². The molecule has 4 heteroatoms. The third-order valence-electron chi connectivity index (χ3n) is 3.08. The molecule has 0 aliphatic rings. The number of benzene rings is 2. The third-order valence-corrected chi connectivity index (χ3v) is 3.31. The van der Waals surface area contributed by atoms with Crippen molar-refractivity contribution in [3.8, 4) is 0 Å². The maximum atomic E-state index is 13.5. The van der Waals surface area contributed by atoms with Crippen molar-refractivity contribution in [2.45, 2.75) is 25.9 Å². The monoisotopic (exact) mass is 295 g/mol. The Morgan fingerprint density at radius 1 is 1.15 bits per heavy atom. The average Bonchev–Trinajstić information content (AvgIpc) is 2.40. The van der Waals surface area contributed by atoms with Gasteiger partial charge in [0.05, 0.1) is 0 Å². The Hall–Kier alpha value is -1.45. The standard InChI is InChI=1S/C16H16ClF2N/c1-11(7-12-3-2-4-14(17)8-12)20-10-13-9-15(18)5-6-16(13)19/h2-6,8-9,11,20H,7,10H2,1H3. The minimum Gasteiger partial charge on any atom is -0.310 e. The van der Waals surface area contributed by atoms with Gasteiger partial charge in [-0.1, -0.05) is 23.7 Å². The van der Waals surface area contributed by atoms with Crippen LogP contribution >= 0.6 is 11.6 Å². The molecule has 1 unspecified atom stereocenters. The van der Waals surface area contributed by atoms with E-state index in [4.69, 9.17) is 11.6 Å². The normalized spacial score (nSPS) is 12.4. The quantitative estimate of drug-likeness (QED) is 0.865. The molecule has 106 valence electrons. The third kappa shape index (κ3) is 4.29. The molecular formula is C16H16ClF2N. The van der Waals surface area contributed by atoms with Gasteiger partial charge in [-0.15, -0.1) is 0 Å². The molecule has 0 saturated heterocycles. The minimum atomic E-state index is -0.425. The van der Waals surface area contributed by atoms with E-state index in [1.807, 2.05) is 31.2 Å². The van der Waals surface area contributed by atoms with Crippen LogP contribution in [0.4, 0.5) is 8.78 Å². The van der Waals surface area contributed by atoms with Crippen molar-refractivity contribution < 1.29 is 8.78 Å². The zero-order valence-corrected chi connectivity index (χ0v) is 11.9. The Bertz CT molecular complexity index is 586. The Morgan fingerprint density at radius 3 is 2.70 bits per heavy atom. The Kier molecular flexibility index (Phi) is 5.10. The fourth-order valence-electron chi connectivity index (χ4n) is 2.05. The van der Waals surface area contributed by atoms with Crippen LogP contribution in [0.3, 0.4) is 0 Å². The summed E-state index contributed by atoms with van der Waals surface area (Å²) in [6.45, 7) is 2.30. The number of nitrogens with one attached hydrogen (secondary N) is 1. The van der Waals surface area contributed by atoms with Crippen LogP contribution in [0.5, 0.6) is 0 Å². The molecule has 0 aliphatic heterocycles. The van der Waals surface area contributed by atoms with Crippen molar-refractivity contribution in [1.82, 2.24) is 5.32 Å². The fraction of sp³-hybridized carbons (Fsp3) is 0.250. The molecule has 0 radical (unpaired) electrons. The van der Waals surface area contributed by atoms with Crippen LogP contribution in [0, 0.1) is 11.6 Å². The maximum absolute atomic E-state index is 13.5. The summed E-state index contributed by atoms with van der Waals surface area (Å²) < 4.78 is 26.5. The van der Waals surface area contributed by atoms with E-state index in [9.17, 15) is 8.78 Å². The van der Waals surface area contributed by atoms with E-state index >= 15 is 0 Å². The predicted octanol–water partition coefficient (Wildman–Crippen LogP) is 4.34. The molecule has 1 nitrogen and oxygen atoms in total. The van der Waals surface area contributed by atoms with Gasteiger partial charge in [-0.25, -0.2) is 8.78 Å². The van der Waals surface area contributed by atoms with E-state index in [1.165, 1.54) is 6.07 Å². The molecule has 0 amide bonds. The first-order valence-corrected chi connectivity index (χ1v) is 6.84. The van der Waals surface area contributed by atoms with Crippen LogP contribution in [0.15, 0.2) is 42.5 Å². The summed E-state index contributed by atoms with van der Waals surface area (Å²) in [5.41, 5.74) is 1.44. The van der Waals surface area contributed by atoms with Gasteiger partial charge < -0.3 is 5.32 Å². The summed E-state index contributed by atoms with van der Waals surface area (Å²) in [4.78, 5) is 0. The summed E-state index contributed by atoms with van der Waals surface area (Å²) in [5.74, 6) is -0.820. The highest BCUT2D eigenvalue weighted by Crippen LogP contribution is 2.13. The zero-order chi connectivity index (χ0) is 14.5.